The number of carbonyl (C=O) groups excluding carboxylic acids is 1. The van der Waals surface area contributed by atoms with Crippen LogP contribution in [0.1, 0.15) is 35.8 Å². The predicted octanol–water partition coefficient (Wildman–Crippen LogP) is 4.14. The number of pyridine rings is 1. The second-order valence-corrected chi connectivity index (χ2v) is 5.76. The van der Waals surface area contributed by atoms with Crippen LogP contribution in [0, 0.1) is 5.82 Å². The Morgan fingerprint density at radius 1 is 1.15 bits per heavy atom. The zero-order chi connectivity index (χ0) is 18.5. The fourth-order valence-corrected chi connectivity index (χ4v) is 2.76. The van der Waals surface area contributed by atoms with E-state index in [1.165, 1.54) is 17.7 Å². The number of rotatable bonds is 3. The zero-order valence-corrected chi connectivity index (χ0v) is 14.7. The maximum Gasteiger partial charge on any atom is 0.276 e. The molecule has 0 N–H and O–H groups in total. The number of nitrogens with zero attached hydrogens (tertiary/aromatic N) is 3. The highest BCUT2D eigenvalue weighted by Crippen LogP contribution is 2.28. The Bertz CT molecular complexity index is 856. The van der Waals surface area contributed by atoms with Crippen LogP contribution < -0.4 is 0 Å². The van der Waals surface area contributed by atoms with Gasteiger partial charge in [0.2, 0.25) is 0 Å². The number of aromatic nitrogens is 2. The standard InChI is InChI=1S/C18H14FN3O2.C2H6/c19-14-6-7-15(20-9-14)17-8-16(21-24-17)18(23)22-10-13(11-22)12-4-2-1-3-5-12;1-2/h1-9,13H,10-11H2;1-2H3. The largest absolute Gasteiger partial charge is 0.354 e. The number of carbonyl (C=O) groups is 1. The average Bonchev–Trinajstić information content (AvgIpc) is 3.14. The molecule has 1 aliphatic heterocycles. The fourth-order valence-electron chi connectivity index (χ4n) is 2.76. The van der Waals surface area contributed by atoms with Crippen LogP contribution >= 0.6 is 0 Å². The van der Waals surface area contributed by atoms with Crippen LogP contribution in [0.5, 0.6) is 0 Å². The van der Waals surface area contributed by atoms with Gasteiger partial charge in [-0.3, -0.25) is 4.79 Å². The summed E-state index contributed by atoms with van der Waals surface area (Å²) < 4.78 is 18.1. The number of benzene rings is 1. The van der Waals surface area contributed by atoms with E-state index in [-0.39, 0.29) is 11.6 Å². The molecule has 0 aliphatic carbocycles. The number of halogens is 1. The lowest BCUT2D eigenvalue weighted by Crippen LogP contribution is -2.48. The van der Waals surface area contributed by atoms with Gasteiger partial charge in [0.1, 0.15) is 11.5 Å². The van der Waals surface area contributed by atoms with Crippen molar-refractivity contribution in [3.63, 3.8) is 0 Å². The Kier molecular flexibility index (Phi) is 5.41. The van der Waals surface area contributed by atoms with Crippen LogP contribution in [-0.2, 0) is 0 Å². The molecule has 5 nitrogen and oxygen atoms in total. The molecule has 1 saturated heterocycles. The highest BCUT2D eigenvalue weighted by Gasteiger charge is 2.33. The highest BCUT2D eigenvalue weighted by molar-refractivity contribution is 5.93. The maximum absolute atomic E-state index is 12.9. The fraction of sp³-hybridized carbons (Fsp3) is 0.250. The molecule has 0 radical (unpaired) electrons. The molecule has 0 spiro atoms. The molecule has 0 atom stereocenters. The van der Waals surface area contributed by atoms with E-state index in [0.717, 1.165) is 6.20 Å². The molecule has 26 heavy (non-hydrogen) atoms. The van der Waals surface area contributed by atoms with E-state index < -0.39 is 5.82 Å². The Balaban J connectivity index is 0.000000948. The van der Waals surface area contributed by atoms with Gasteiger partial charge in [-0.15, -0.1) is 0 Å². The van der Waals surface area contributed by atoms with Crippen LogP contribution in [0.2, 0.25) is 0 Å². The van der Waals surface area contributed by atoms with E-state index in [0.29, 0.717) is 30.5 Å². The zero-order valence-electron chi connectivity index (χ0n) is 14.7. The Morgan fingerprint density at radius 2 is 1.88 bits per heavy atom. The van der Waals surface area contributed by atoms with Gasteiger partial charge in [0.05, 0.1) is 6.20 Å². The summed E-state index contributed by atoms with van der Waals surface area (Å²) in [6.45, 7) is 5.33. The smallest absolute Gasteiger partial charge is 0.276 e. The quantitative estimate of drug-likeness (QED) is 0.710. The summed E-state index contributed by atoms with van der Waals surface area (Å²) in [5, 5.41) is 3.82. The third-order valence-electron chi connectivity index (χ3n) is 4.15. The molecule has 3 heterocycles. The van der Waals surface area contributed by atoms with Crippen molar-refractivity contribution in [1.29, 1.82) is 0 Å². The van der Waals surface area contributed by atoms with E-state index >= 15 is 0 Å². The molecule has 1 amide bonds. The lowest BCUT2D eigenvalue weighted by molar-refractivity contribution is 0.0591. The first-order chi connectivity index (χ1) is 12.7. The average molecular weight is 353 g/mol. The summed E-state index contributed by atoms with van der Waals surface area (Å²) in [7, 11) is 0. The van der Waals surface area contributed by atoms with E-state index in [1.807, 2.05) is 32.0 Å². The lowest BCUT2D eigenvalue weighted by atomic mass is 9.91. The Hall–Kier alpha value is -3.02. The van der Waals surface area contributed by atoms with Crippen LogP contribution in [0.3, 0.4) is 0 Å². The normalized spacial score (nSPS) is 13.6. The topological polar surface area (TPSA) is 59.2 Å². The van der Waals surface area contributed by atoms with Crippen molar-refractivity contribution >= 4 is 5.91 Å². The molecular formula is C20H20FN3O2. The van der Waals surface area contributed by atoms with E-state index in [2.05, 4.69) is 22.3 Å². The number of amides is 1. The first kappa shape index (κ1) is 17.8. The molecule has 0 saturated carbocycles. The molecule has 1 aliphatic rings. The van der Waals surface area contributed by atoms with Crippen LogP contribution in [0.15, 0.2) is 59.3 Å². The summed E-state index contributed by atoms with van der Waals surface area (Å²) in [5.74, 6) is 0.111. The first-order valence-electron chi connectivity index (χ1n) is 8.63. The minimum atomic E-state index is -0.429. The van der Waals surface area contributed by atoms with Crippen molar-refractivity contribution in [3.05, 3.63) is 71.8 Å². The van der Waals surface area contributed by atoms with Gasteiger partial charge < -0.3 is 9.42 Å². The molecule has 4 rings (SSSR count). The molecule has 1 fully saturated rings. The number of hydrogen-bond donors (Lipinski definition) is 0. The third kappa shape index (κ3) is 3.64. The Labute approximate surface area is 151 Å². The molecule has 3 aromatic rings. The van der Waals surface area contributed by atoms with E-state index in [1.54, 1.807) is 11.0 Å². The molecule has 0 bridgehead atoms. The van der Waals surface area contributed by atoms with Crippen molar-refractivity contribution in [2.24, 2.45) is 0 Å². The predicted molar refractivity (Wildman–Crippen MR) is 96.1 cm³/mol. The molecule has 0 unspecified atom stereocenters. The van der Waals surface area contributed by atoms with Gasteiger partial charge in [-0.1, -0.05) is 49.3 Å². The van der Waals surface area contributed by atoms with Gasteiger partial charge in [-0.2, -0.15) is 0 Å². The minimum Gasteiger partial charge on any atom is -0.354 e. The van der Waals surface area contributed by atoms with Gasteiger partial charge in [-0.25, -0.2) is 9.37 Å². The first-order valence-corrected chi connectivity index (χ1v) is 8.63. The van der Waals surface area contributed by atoms with Crippen LogP contribution in [0.25, 0.3) is 11.5 Å². The van der Waals surface area contributed by atoms with Gasteiger partial charge in [0.15, 0.2) is 11.5 Å². The summed E-state index contributed by atoms with van der Waals surface area (Å²) in [5.41, 5.74) is 1.91. The molecular weight excluding hydrogens is 333 g/mol. The van der Waals surface area contributed by atoms with Gasteiger partial charge in [0.25, 0.3) is 5.91 Å². The van der Waals surface area contributed by atoms with E-state index in [4.69, 9.17) is 4.52 Å². The highest BCUT2D eigenvalue weighted by atomic mass is 19.1. The van der Waals surface area contributed by atoms with Gasteiger partial charge in [0, 0.05) is 25.1 Å². The summed E-state index contributed by atoms with van der Waals surface area (Å²) in [6.07, 6.45) is 1.10. The second kappa shape index (κ2) is 7.91. The number of hydrogen-bond acceptors (Lipinski definition) is 4. The van der Waals surface area contributed by atoms with Crippen molar-refractivity contribution in [3.8, 4) is 11.5 Å². The molecule has 2 aromatic heterocycles. The number of likely N-dealkylation sites (tertiary alicyclic amines) is 1. The van der Waals surface area contributed by atoms with Crippen molar-refractivity contribution in [2.75, 3.05) is 13.1 Å². The SMILES string of the molecule is CC.O=C(c1cc(-c2ccc(F)cn2)on1)N1CC(c2ccccc2)C1. The summed E-state index contributed by atoms with van der Waals surface area (Å²) >= 11 is 0. The molecule has 6 heteroatoms. The van der Waals surface area contributed by atoms with Crippen LogP contribution in [-0.4, -0.2) is 34.0 Å². The maximum atomic E-state index is 12.9. The van der Waals surface area contributed by atoms with Crippen LogP contribution in [0.4, 0.5) is 4.39 Å². The van der Waals surface area contributed by atoms with Gasteiger partial charge in [-0.05, 0) is 17.7 Å². The molecule has 134 valence electrons. The van der Waals surface area contributed by atoms with Crippen molar-refractivity contribution in [1.82, 2.24) is 15.0 Å². The summed E-state index contributed by atoms with van der Waals surface area (Å²) in [6, 6.07) is 14.4. The van der Waals surface area contributed by atoms with E-state index in [9.17, 15) is 9.18 Å². The second-order valence-electron chi connectivity index (χ2n) is 5.76. The summed E-state index contributed by atoms with van der Waals surface area (Å²) in [4.78, 5) is 18.1. The third-order valence-corrected chi connectivity index (χ3v) is 4.15. The minimum absolute atomic E-state index is 0.167. The molecule has 1 aromatic carbocycles. The monoisotopic (exact) mass is 353 g/mol. The Morgan fingerprint density at radius 3 is 2.54 bits per heavy atom. The van der Waals surface area contributed by atoms with Crippen molar-refractivity contribution in [2.45, 2.75) is 19.8 Å². The lowest BCUT2D eigenvalue weighted by Gasteiger charge is -2.39. The van der Waals surface area contributed by atoms with Gasteiger partial charge >= 0.3 is 0 Å². The van der Waals surface area contributed by atoms with Crippen molar-refractivity contribution < 1.29 is 13.7 Å².